The Balaban J connectivity index is 1.27. The van der Waals surface area contributed by atoms with E-state index in [1.54, 1.807) is 7.11 Å². The van der Waals surface area contributed by atoms with Crippen LogP contribution in [0.5, 0.6) is 5.75 Å². The van der Waals surface area contributed by atoms with Gasteiger partial charge in [0.05, 0.1) is 7.11 Å². The normalized spacial score (nSPS) is 16.6. The molecule has 0 N–H and O–H groups in total. The number of nitrogens with zero attached hydrogens (tertiary/aromatic N) is 2. The molecule has 2 aliphatic heterocycles. The van der Waals surface area contributed by atoms with E-state index in [0.717, 1.165) is 25.1 Å². The van der Waals surface area contributed by atoms with E-state index in [4.69, 9.17) is 4.74 Å². The molecule has 0 amide bonds. The zero-order chi connectivity index (χ0) is 25.9. The Morgan fingerprint density at radius 2 is 1.50 bits per heavy atom. The molecular weight excluding hydrogens is 484 g/mol. The number of likely N-dealkylation sites (tertiary alicyclic amines) is 2. The number of ether oxygens (including phenoxy) is 1. The van der Waals surface area contributed by atoms with Gasteiger partial charge < -0.3 is 9.64 Å². The quantitative estimate of drug-likeness (QED) is 0.223. The molecule has 0 aliphatic carbocycles. The van der Waals surface area contributed by atoms with Gasteiger partial charge in [-0.2, -0.15) is 0 Å². The minimum atomic E-state index is 0.927. The van der Waals surface area contributed by atoms with Crippen LogP contribution in [0, 0.1) is 6.92 Å². The second-order valence-electron chi connectivity index (χ2n) is 11.2. The van der Waals surface area contributed by atoms with Gasteiger partial charge in [0.15, 0.2) is 0 Å². The summed E-state index contributed by atoms with van der Waals surface area (Å²) in [5.41, 5.74) is 8.48. The summed E-state index contributed by atoms with van der Waals surface area (Å²) in [6.07, 6.45) is 7.49. The summed E-state index contributed by atoms with van der Waals surface area (Å²) in [4.78, 5) is 6.58. The molecule has 3 nitrogen and oxygen atoms in total. The van der Waals surface area contributed by atoms with Crippen molar-refractivity contribution in [2.75, 3.05) is 39.8 Å². The number of rotatable bonds is 9. The van der Waals surface area contributed by atoms with Gasteiger partial charge in [-0.15, -0.1) is 11.3 Å². The first-order valence-electron chi connectivity index (χ1n) is 14.4. The molecule has 2 aliphatic rings. The average Bonchev–Trinajstić information content (AvgIpc) is 3.71. The minimum absolute atomic E-state index is 0.927. The molecule has 1 aromatic heterocycles. The van der Waals surface area contributed by atoms with Gasteiger partial charge in [0.2, 0.25) is 0 Å². The molecule has 0 radical (unpaired) electrons. The predicted molar refractivity (Wildman–Crippen MR) is 162 cm³/mol. The number of benzene rings is 3. The van der Waals surface area contributed by atoms with Crippen LogP contribution in [0.3, 0.4) is 0 Å². The lowest BCUT2D eigenvalue weighted by Crippen LogP contribution is -2.21. The maximum atomic E-state index is 5.56. The van der Waals surface area contributed by atoms with Crippen LogP contribution in [-0.2, 0) is 19.4 Å². The number of thiophene rings is 1. The summed E-state index contributed by atoms with van der Waals surface area (Å²) in [5.74, 6) is 0.927. The van der Waals surface area contributed by atoms with Crippen LogP contribution in [-0.4, -0.2) is 49.6 Å². The fourth-order valence-corrected chi connectivity index (χ4v) is 7.47. The van der Waals surface area contributed by atoms with E-state index in [1.807, 2.05) is 11.3 Å². The van der Waals surface area contributed by atoms with Crippen molar-refractivity contribution in [3.63, 3.8) is 0 Å². The second-order valence-corrected chi connectivity index (χ2v) is 12.2. The van der Waals surface area contributed by atoms with Crippen LogP contribution in [0.15, 0.2) is 60.7 Å². The highest BCUT2D eigenvalue weighted by molar-refractivity contribution is 7.22. The standard InChI is InChI=1S/C34H40N2OS/c1-25-21-27(9-12-29(25)24-36-18-5-6-19-36)22-32-31-14-13-30(37-2)23-33(31)38-34(32)28-10-7-26(8-11-28)15-20-35-16-3-4-17-35/h7-14,21,23H,3-6,15-20,22,24H2,1-2H3. The van der Waals surface area contributed by atoms with E-state index < -0.39 is 0 Å². The molecule has 0 saturated carbocycles. The van der Waals surface area contributed by atoms with Crippen molar-refractivity contribution in [1.82, 2.24) is 9.80 Å². The SMILES string of the molecule is COc1ccc2c(Cc3ccc(CN4CCCC4)c(C)c3)c(-c3ccc(CCN4CCCC4)cc3)sc2c1. The summed E-state index contributed by atoms with van der Waals surface area (Å²) >= 11 is 1.90. The fraction of sp³-hybridized carbons (Fsp3) is 0.412. The highest BCUT2D eigenvalue weighted by atomic mass is 32.1. The van der Waals surface area contributed by atoms with E-state index in [-0.39, 0.29) is 0 Å². The van der Waals surface area contributed by atoms with Gasteiger partial charge in [-0.05, 0) is 129 Å². The molecule has 0 bridgehead atoms. The molecule has 6 rings (SSSR count). The van der Waals surface area contributed by atoms with Crippen molar-refractivity contribution in [3.8, 4) is 16.2 Å². The molecular formula is C34H40N2OS. The average molecular weight is 525 g/mol. The van der Waals surface area contributed by atoms with Crippen molar-refractivity contribution in [2.45, 2.75) is 52.0 Å². The third-order valence-electron chi connectivity index (χ3n) is 8.51. The van der Waals surface area contributed by atoms with Gasteiger partial charge in [0.1, 0.15) is 5.75 Å². The molecule has 2 saturated heterocycles. The van der Waals surface area contributed by atoms with Crippen molar-refractivity contribution < 1.29 is 4.74 Å². The molecule has 0 unspecified atom stereocenters. The Hall–Kier alpha value is -2.66. The van der Waals surface area contributed by atoms with Crippen LogP contribution in [0.2, 0.25) is 0 Å². The molecule has 3 heterocycles. The summed E-state index contributed by atoms with van der Waals surface area (Å²) in [5, 5.41) is 1.35. The van der Waals surface area contributed by atoms with Crippen LogP contribution < -0.4 is 4.74 Å². The maximum Gasteiger partial charge on any atom is 0.120 e. The molecule has 198 valence electrons. The largest absolute Gasteiger partial charge is 0.497 e. The monoisotopic (exact) mass is 524 g/mol. The van der Waals surface area contributed by atoms with Gasteiger partial charge >= 0.3 is 0 Å². The van der Waals surface area contributed by atoms with Crippen LogP contribution in [0.1, 0.15) is 53.5 Å². The minimum Gasteiger partial charge on any atom is -0.497 e. The molecule has 0 spiro atoms. The Kier molecular flexibility index (Phi) is 7.82. The molecule has 0 atom stereocenters. The Bertz CT molecular complexity index is 1380. The summed E-state index contributed by atoms with van der Waals surface area (Å²) in [6.45, 7) is 9.57. The third kappa shape index (κ3) is 5.68. The smallest absolute Gasteiger partial charge is 0.120 e. The number of methoxy groups -OCH3 is 1. The summed E-state index contributed by atoms with van der Waals surface area (Å²) in [6, 6.07) is 23.1. The first-order valence-corrected chi connectivity index (χ1v) is 15.2. The van der Waals surface area contributed by atoms with Crippen molar-refractivity contribution in [1.29, 1.82) is 0 Å². The maximum absolute atomic E-state index is 5.56. The number of aryl methyl sites for hydroxylation is 1. The van der Waals surface area contributed by atoms with Crippen molar-refractivity contribution in [2.24, 2.45) is 0 Å². The predicted octanol–water partition coefficient (Wildman–Crippen LogP) is 7.71. The highest BCUT2D eigenvalue weighted by Gasteiger charge is 2.17. The van der Waals surface area contributed by atoms with Gasteiger partial charge in [-0.3, -0.25) is 4.90 Å². The summed E-state index contributed by atoms with van der Waals surface area (Å²) < 4.78 is 6.86. The van der Waals surface area contributed by atoms with E-state index in [9.17, 15) is 0 Å². The Morgan fingerprint density at radius 3 is 2.21 bits per heavy atom. The molecule has 3 aromatic carbocycles. The van der Waals surface area contributed by atoms with E-state index in [2.05, 4.69) is 77.4 Å². The Morgan fingerprint density at radius 1 is 0.789 bits per heavy atom. The van der Waals surface area contributed by atoms with E-state index in [0.29, 0.717) is 0 Å². The first kappa shape index (κ1) is 25.6. The lowest BCUT2D eigenvalue weighted by molar-refractivity contribution is 0.330. The van der Waals surface area contributed by atoms with E-state index in [1.165, 1.54) is 107 Å². The van der Waals surface area contributed by atoms with Crippen LogP contribution >= 0.6 is 11.3 Å². The first-order chi connectivity index (χ1) is 18.7. The second kappa shape index (κ2) is 11.6. The highest BCUT2D eigenvalue weighted by Crippen LogP contribution is 2.41. The fourth-order valence-electron chi connectivity index (χ4n) is 6.21. The van der Waals surface area contributed by atoms with Gasteiger partial charge in [0.25, 0.3) is 0 Å². The molecule has 2 fully saturated rings. The number of hydrogen-bond acceptors (Lipinski definition) is 4. The Labute approximate surface area is 232 Å². The number of hydrogen-bond donors (Lipinski definition) is 0. The zero-order valence-electron chi connectivity index (χ0n) is 23.0. The lowest BCUT2D eigenvalue weighted by Gasteiger charge is -2.17. The van der Waals surface area contributed by atoms with Crippen LogP contribution in [0.4, 0.5) is 0 Å². The molecule has 38 heavy (non-hydrogen) atoms. The molecule has 4 heteroatoms. The lowest BCUT2D eigenvalue weighted by atomic mass is 9.96. The molecule has 4 aromatic rings. The van der Waals surface area contributed by atoms with Gasteiger partial charge in [0, 0.05) is 22.7 Å². The topological polar surface area (TPSA) is 15.7 Å². The zero-order valence-corrected chi connectivity index (χ0v) is 23.8. The van der Waals surface area contributed by atoms with Crippen molar-refractivity contribution >= 4 is 21.4 Å². The number of fused-ring (bicyclic) bond motifs is 1. The summed E-state index contributed by atoms with van der Waals surface area (Å²) in [7, 11) is 1.75. The van der Waals surface area contributed by atoms with Crippen molar-refractivity contribution in [3.05, 3.63) is 88.5 Å². The third-order valence-corrected chi connectivity index (χ3v) is 9.76. The van der Waals surface area contributed by atoms with Crippen LogP contribution in [0.25, 0.3) is 20.5 Å². The van der Waals surface area contributed by atoms with Gasteiger partial charge in [-0.1, -0.05) is 42.5 Å². The van der Waals surface area contributed by atoms with E-state index >= 15 is 0 Å². The van der Waals surface area contributed by atoms with Gasteiger partial charge in [-0.25, -0.2) is 0 Å².